The van der Waals surface area contributed by atoms with E-state index < -0.39 is 24.3 Å². The molecule has 35 heavy (non-hydrogen) atoms. The molecule has 1 aromatic heterocycles. The van der Waals surface area contributed by atoms with E-state index >= 15 is 0 Å². The van der Waals surface area contributed by atoms with Crippen LogP contribution in [0.15, 0.2) is 72.2 Å². The predicted octanol–water partition coefficient (Wildman–Crippen LogP) is 3.56. The molecule has 10 heteroatoms. The smallest absolute Gasteiger partial charge is 0.433 e. The van der Waals surface area contributed by atoms with Crippen molar-refractivity contribution in [2.75, 3.05) is 14.2 Å². The highest BCUT2D eigenvalue weighted by Crippen LogP contribution is 2.31. The van der Waals surface area contributed by atoms with Gasteiger partial charge in [0.15, 0.2) is 17.7 Å². The van der Waals surface area contributed by atoms with E-state index in [-0.39, 0.29) is 5.69 Å². The fourth-order valence-corrected chi connectivity index (χ4v) is 3.67. The first-order valence-electron chi connectivity index (χ1n) is 11.0. The number of ether oxygens (including phenoxy) is 3. The van der Waals surface area contributed by atoms with Crippen molar-refractivity contribution in [3.8, 4) is 11.5 Å². The Morgan fingerprint density at radius 3 is 2.54 bits per heavy atom. The Hall–Kier alpha value is -4.47. The molecule has 1 N–H and O–H groups in total. The second kappa shape index (κ2) is 10.6. The van der Waals surface area contributed by atoms with Crippen LogP contribution in [-0.4, -0.2) is 53.0 Å². The van der Waals surface area contributed by atoms with Crippen molar-refractivity contribution in [2.24, 2.45) is 5.10 Å². The number of cyclic esters (lactones) is 1. The molecule has 180 valence electrons. The van der Waals surface area contributed by atoms with Gasteiger partial charge in [-0.15, -0.1) is 0 Å². The molecule has 3 aromatic rings. The summed E-state index contributed by atoms with van der Waals surface area (Å²) in [6.45, 7) is 1.90. The van der Waals surface area contributed by atoms with Crippen LogP contribution in [0.5, 0.6) is 11.5 Å². The van der Waals surface area contributed by atoms with E-state index in [2.05, 4.69) is 20.4 Å². The summed E-state index contributed by atoms with van der Waals surface area (Å²) in [5.74, 6) is 0.565. The summed E-state index contributed by atoms with van der Waals surface area (Å²) in [4.78, 5) is 34.0. The lowest BCUT2D eigenvalue weighted by Gasteiger charge is -2.34. The van der Waals surface area contributed by atoms with Gasteiger partial charge in [-0.3, -0.25) is 9.78 Å². The molecule has 4 rings (SSSR count). The van der Waals surface area contributed by atoms with Gasteiger partial charge in [0.05, 0.1) is 20.4 Å². The Morgan fingerprint density at radius 2 is 1.89 bits per heavy atom. The van der Waals surface area contributed by atoms with Gasteiger partial charge < -0.3 is 19.5 Å². The van der Waals surface area contributed by atoms with E-state index in [1.165, 1.54) is 18.6 Å². The molecule has 2 unspecified atom stereocenters. The average molecular weight is 476 g/mol. The maximum Gasteiger partial charge on any atom is 0.433 e. The number of carbonyl (C=O) groups excluding carboxylic acids is 2. The van der Waals surface area contributed by atoms with E-state index in [0.29, 0.717) is 34.8 Å². The molecule has 1 aliphatic heterocycles. The number of hydrogen-bond donors (Lipinski definition) is 1. The molecule has 0 saturated carbocycles. The lowest BCUT2D eigenvalue weighted by molar-refractivity contribution is 0.0492. The van der Waals surface area contributed by atoms with Gasteiger partial charge >= 0.3 is 6.09 Å². The van der Waals surface area contributed by atoms with Crippen molar-refractivity contribution in [3.63, 3.8) is 0 Å². The van der Waals surface area contributed by atoms with Crippen molar-refractivity contribution in [2.45, 2.75) is 25.6 Å². The second-order valence-corrected chi connectivity index (χ2v) is 7.56. The normalized spacial score (nSPS) is 16.1. The molecule has 2 heterocycles. The van der Waals surface area contributed by atoms with Gasteiger partial charge in [-0.25, -0.2) is 9.78 Å². The number of nitrogens with one attached hydrogen (secondary N) is 1. The second-order valence-electron chi connectivity index (χ2n) is 7.56. The minimum atomic E-state index is -0.953. The van der Waals surface area contributed by atoms with Crippen molar-refractivity contribution < 1.29 is 23.8 Å². The average Bonchev–Trinajstić information content (AvgIpc) is 2.92. The first-order chi connectivity index (χ1) is 17.0. The Labute approximate surface area is 202 Å². The Kier molecular flexibility index (Phi) is 7.20. The summed E-state index contributed by atoms with van der Waals surface area (Å²) < 4.78 is 16.5. The summed E-state index contributed by atoms with van der Waals surface area (Å²) in [7, 11) is 3.10. The van der Waals surface area contributed by atoms with Gasteiger partial charge in [0.2, 0.25) is 0 Å². The molecule has 1 aliphatic rings. The lowest BCUT2D eigenvalue weighted by Crippen LogP contribution is -2.48. The number of nitrogens with zero attached hydrogens (tertiary/aromatic N) is 4. The molecule has 0 spiro atoms. The van der Waals surface area contributed by atoms with E-state index in [9.17, 15) is 9.59 Å². The quantitative estimate of drug-likeness (QED) is 0.530. The fraction of sp³-hybridized carbons (Fsp3) is 0.240. The number of aromatic nitrogens is 2. The molecule has 10 nitrogen and oxygen atoms in total. The molecular weight excluding hydrogens is 450 g/mol. The third-order valence-corrected chi connectivity index (χ3v) is 5.42. The zero-order valence-corrected chi connectivity index (χ0v) is 19.5. The van der Waals surface area contributed by atoms with Crippen molar-refractivity contribution in [1.29, 1.82) is 0 Å². The van der Waals surface area contributed by atoms with Crippen LogP contribution in [0.3, 0.4) is 0 Å². The fourth-order valence-electron chi connectivity index (χ4n) is 3.67. The number of hydrogen-bond acceptors (Lipinski definition) is 8. The predicted molar refractivity (Wildman–Crippen MR) is 127 cm³/mol. The van der Waals surface area contributed by atoms with Gasteiger partial charge in [-0.2, -0.15) is 10.1 Å². The van der Waals surface area contributed by atoms with Crippen molar-refractivity contribution >= 4 is 17.7 Å². The largest absolute Gasteiger partial charge is 0.493 e. The van der Waals surface area contributed by atoms with E-state index in [1.807, 2.05) is 19.1 Å². The van der Waals surface area contributed by atoms with Crippen LogP contribution >= 0.6 is 0 Å². The number of carbonyl (C=O) groups is 2. The van der Waals surface area contributed by atoms with Gasteiger partial charge in [-0.05, 0) is 30.2 Å². The number of rotatable bonds is 8. The number of methoxy groups -OCH3 is 2. The third kappa shape index (κ3) is 5.06. The molecule has 2 amide bonds. The maximum atomic E-state index is 13.1. The van der Waals surface area contributed by atoms with Crippen LogP contribution in [-0.2, 0) is 4.74 Å². The van der Waals surface area contributed by atoms with Gasteiger partial charge in [0, 0.05) is 18.0 Å². The van der Waals surface area contributed by atoms with E-state index in [0.717, 1.165) is 5.01 Å². The highest BCUT2D eigenvalue weighted by atomic mass is 16.6. The van der Waals surface area contributed by atoms with Gasteiger partial charge in [0.25, 0.3) is 5.91 Å². The number of benzene rings is 2. The summed E-state index contributed by atoms with van der Waals surface area (Å²) in [5, 5.41) is 8.62. The van der Waals surface area contributed by atoms with Crippen LogP contribution < -0.4 is 14.8 Å². The van der Waals surface area contributed by atoms with Gasteiger partial charge in [0.1, 0.15) is 17.5 Å². The number of hydrazone groups is 1. The summed E-state index contributed by atoms with van der Waals surface area (Å²) in [6, 6.07) is 14.4. The Balaban J connectivity index is 1.77. The topological polar surface area (TPSA) is 115 Å². The lowest BCUT2D eigenvalue weighted by atomic mass is 10.0. The molecule has 0 fully saturated rings. The molecule has 2 aromatic carbocycles. The zero-order chi connectivity index (χ0) is 24.8. The molecule has 0 bridgehead atoms. The van der Waals surface area contributed by atoms with E-state index in [4.69, 9.17) is 14.2 Å². The van der Waals surface area contributed by atoms with E-state index in [1.54, 1.807) is 50.6 Å². The Bertz CT molecular complexity index is 1220. The molecule has 2 atom stereocenters. The molecular formula is C25H25N5O5. The van der Waals surface area contributed by atoms with Crippen LogP contribution in [0, 0.1) is 0 Å². The summed E-state index contributed by atoms with van der Waals surface area (Å²) in [6.07, 6.45) is 2.52. The Morgan fingerprint density at radius 1 is 1.11 bits per heavy atom. The standard InChI is InChI=1S/C25H25N5O5/c1-4-19-22(17-10-11-20(33-2)21(14-17)34-3)29-30(25(32)35-19)23(16-8-6-5-7-9-16)28-24(31)18-15-26-12-13-27-18/h5-15,19,23H,4H2,1-3H3,(H,28,31). The minimum absolute atomic E-state index is 0.106. The monoisotopic (exact) mass is 475 g/mol. The minimum Gasteiger partial charge on any atom is -0.493 e. The maximum absolute atomic E-state index is 13.1. The molecule has 0 radical (unpaired) electrons. The first-order valence-corrected chi connectivity index (χ1v) is 11.0. The van der Waals surface area contributed by atoms with Crippen LogP contribution in [0.4, 0.5) is 4.79 Å². The van der Waals surface area contributed by atoms with Crippen LogP contribution in [0.1, 0.15) is 41.1 Å². The van der Waals surface area contributed by atoms with Crippen molar-refractivity contribution in [1.82, 2.24) is 20.3 Å². The highest BCUT2D eigenvalue weighted by Gasteiger charge is 2.36. The SMILES string of the molecule is CCC1OC(=O)N(C(NC(=O)c2cnccn2)c2ccccc2)N=C1c1ccc(OC)c(OC)c1. The number of amides is 2. The molecule has 0 saturated heterocycles. The third-order valence-electron chi connectivity index (χ3n) is 5.42. The highest BCUT2D eigenvalue weighted by molar-refractivity contribution is 6.06. The summed E-state index contributed by atoms with van der Waals surface area (Å²) >= 11 is 0. The molecule has 0 aliphatic carbocycles. The zero-order valence-electron chi connectivity index (χ0n) is 19.5. The van der Waals surface area contributed by atoms with Crippen LogP contribution in [0.25, 0.3) is 0 Å². The van der Waals surface area contributed by atoms with Gasteiger partial charge in [-0.1, -0.05) is 37.3 Å². The summed E-state index contributed by atoms with van der Waals surface area (Å²) in [5.41, 5.74) is 1.95. The first kappa shape index (κ1) is 23.7. The van der Waals surface area contributed by atoms with Crippen LogP contribution in [0.2, 0.25) is 0 Å². The van der Waals surface area contributed by atoms with Crippen molar-refractivity contribution in [3.05, 3.63) is 83.9 Å².